The monoisotopic (exact) mass is 700 g/mol. The standard InChI is InChI=1S/C32H44N8O6S2/c1-9-15(6)23-30-40-25(17(8)46-30)29(44)38-21(13(2)3)31-34-18(11-47-31)26(41)33-10-20-36-24(16(7)45-20)28(43)37-22(14(4)5)32-35-19(12-48-32)27(42)39-23/h11-17,21-25H,9-10H2,1-8H3,(H,33,41)(H,37,43)(H,38,44)(H,39,42)/t15?,16-,17-,21-,22-,23+,24+,25+/m1/s1. The molecule has 3 aliphatic rings. The maximum Gasteiger partial charge on any atom is 0.271 e. The number of hydrogen-bond acceptors (Lipinski definition) is 12. The second kappa shape index (κ2) is 14.7. The van der Waals surface area contributed by atoms with Crippen molar-refractivity contribution in [2.24, 2.45) is 27.7 Å². The number of nitrogens with one attached hydrogen (secondary N) is 4. The molecule has 4 N–H and O–H groups in total. The van der Waals surface area contributed by atoms with Gasteiger partial charge in [0.25, 0.3) is 11.8 Å². The molecule has 0 saturated heterocycles. The van der Waals surface area contributed by atoms with Gasteiger partial charge in [0.05, 0.1) is 18.6 Å². The van der Waals surface area contributed by atoms with Gasteiger partial charge in [-0.1, -0.05) is 48.0 Å². The normalized spacial score (nSPS) is 29.1. The molecule has 8 bridgehead atoms. The molecule has 5 rings (SSSR count). The van der Waals surface area contributed by atoms with Crippen LogP contribution >= 0.6 is 22.7 Å². The minimum absolute atomic E-state index is 0.0275. The van der Waals surface area contributed by atoms with Crippen LogP contribution in [-0.4, -0.2) is 82.3 Å². The second-order valence-corrected chi connectivity index (χ2v) is 14.9. The van der Waals surface area contributed by atoms with Crippen molar-refractivity contribution >= 4 is 58.1 Å². The van der Waals surface area contributed by atoms with Crippen molar-refractivity contribution in [3.8, 4) is 0 Å². The summed E-state index contributed by atoms with van der Waals surface area (Å²) in [7, 11) is 0. The van der Waals surface area contributed by atoms with Crippen LogP contribution in [-0.2, 0) is 19.1 Å². The molecule has 0 aliphatic carbocycles. The molecule has 0 radical (unpaired) electrons. The maximum absolute atomic E-state index is 13.6. The van der Waals surface area contributed by atoms with Crippen molar-refractivity contribution in [1.82, 2.24) is 31.2 Å². The molecule has 2 aromatic heterocycles. The second-order valence-electron chi connectivity index (χ2n) is 13.1. The zero-order valence-electron chi connectivity index (χ0n) is 28.4. The highest BCUT2D eigenvalue weighted by Gasteiger charge is 2.40. The van der Waals surface area contributed by atoms with E-state index in [2.05, 4.69) is 41.2 Å². The summed E-state index contributed by atoms with van der Waals surface area (Å²) >= 11 is 2.55. The number of amides is 4. The summed E-state index contributed by atoms with van der Waals surface area (Å²) in [6, 6.07) is -3.25. The fourth-order valence-corrected chi connectivity index (χ4v) is 7.64. The average Bonchev–Trinajstić information content (AvgIpc) is 3.85. The van der Waals surface area contributed by atoms with Crippen LogP contribution in [0, 0.1) is 17.8 Å². The summed E-state index contributed by atoms with van der Waals surface area (Å²) in [4.78, 5) is 72.0. The molecule has 260 valence electrons. The summed E-state index contributed by atoms with van der Waals surface area (Å²) in [5, 5.41) is 16.4. The van der Waals surface area contributed by atoms with Crippen LogP contribution in [0.1, 0.15) is 105 Å². The van der Waals surface area contributed by atoms with E-state index in [0.29, 0.717) is 16.4 Å². The molecule has 16 heteroatoms. The molecule has 5 heterocycles. The molecule has 3 aliphatic heterocycles. The lowest BCUT2D eigenvalue weighted by atomic mass is 9.98. The van der Waals surface area contributed by atoms with E-state index < -0.39 is 54.2 Å². The number of aliphatic imine (C=N–C) groups is 2. The largest absolute Gasteiger partial charge is 0.474 e. The third-order valence-corrected chi connectivity index (χ3v) is 10.6. The molecule has 0 fully saturated rings. The van der Waals surface area contributed by atoms with Gasteiger partial charge < -0.3 is 30.7 Å². The predicted octanol–water partition coefficient (Wildman–Crippen LogP) is 3.19. The zero-order chi connectivity index (χ0) is 34.9. The Kier molecular flexibility index (Phi) is 10.8. The lowest BCUT2D eigenvalue weighted by molar-refractivity contribution is -0.125. The fraction of sp³-hybridized carbons (Fsp3) is 0.625. The number of carbonyl (C=O) groups is 4. The van der Waals surface area contributed by atoms with Gasteiger partial charge in [0.1, 0.15) is 39.7 Å². The highest BCUT2D eigenvalue weighted by Crippen LogP contribution is 2.29. The first kappa shape index (κ1) is 35.4. The summed E-state index contributed by atoms with van der Waals surface area (Å²) in [5.41, 5.74) is 0.396. The van der Waals surface area contributed by atoms with E-state index in [1.54, 1.807) is 24.6 Å². The summed E-state index contributed by atoms with van der Waals surface area (Å²) in [6.45, 7) is 15.3. The molecule has 48 heavy (non-hydrogen) atoms. The molecule has 1 unspecified atom stereocenters. The number of nitrogens with zero attached hydrogens (tertiary/aromatic N) is 4. The Labute approximate surface area is 288 Å². The molecule has 0 spiro atoms. The van der Waals surface area contributed by atoms with Crippen molar-refractivity contribution in [1.29, 1.82) is 0 Å². The first-order valence-electron chi connectivity index (χ1n) is 16.4. The lowest BCUT2D eigenvalue weighted by Gasteiger charge is -2.24. The van der Waals surface area contributed by atoms with Gasteiger partial charge in [0, 0.05) is 10.8 Å². The number of carbonyl (C=O) groups excluding carboxylic acids is 4. The average molecular weight is 701 g/mol. The summed E-state index contributed by atoms with van der Waals surface area (Å²) in [5.74, 6) is -1.18. The molecule has 0 saturated carbocycles. The van der Waals surface area contributed by atoms with Gasteiger partial charge in [-0.25, -0.2) is 20.0 Å². The Hall–Kier alpha value is -3.92. The van der Waals surface area contributed by atoms with E-state index in [1.165, 1.54) is 22.7 Å². The number of aromatic nitrogens is 2. The number of thiazole rings is 2. The Morgan fingerprint density at radius 2 is 1.27 bits per heavy atom. The molecule has 2 aromatic rings. The zero-order valence-corrected chi connectivity index (χ0v) is 30.0. The van der Waals surface area contributed by atoms with E-state index in [1.807, 2.05) is 41.5 Å². The number of rotatable bonds is 4. The Morgan fingerprint density at radius 1 is 0.750 bits per heavy atom. The van der Waals surface area contributed by atoms with Crippen molar-refractivity contribution in [2.45, 2.75) is 104 Å². The third-order valence-electron chi connectivity index (χ3n) is 8.74. The minimum atomic E-state index is -0.849. The molecular weight excluding hydrogens is 657 g/mol. The summed E-state index contributed by atoms with van der Waals surface area (Å²) in [6.07, 6.45) is -0.419. The number of hydrogen-bond donors (Lipinski definition) is 4. The van der Waals surface area contributed by atoms with Crippen LogP contribution in [0.2, 0.25) is 0 Å². The third kappa shape index (κ3) is 7.53. The molecule has 0 aromatic carbocycles. The quantitative estimate of drug-likeness (QED) is 0.375. The SMILES string of the molecule is CCC(C)[C@@H]1NC(=O)c2csc(n2)[C@@H](C(C)C)NC(=O)[C@H]2N=C(CNC(=O)c3csc(n3)[C@@H](C(C)C)NC(=O)[C@H]3N=C1O[C@@H]3C)O[C@@H]2C. The van der Waals surface area contributed by atoms with Gasteiger partial charge in [0.2, 0.25) is 23.6 Å². The van der Waals surface area contributed by atoms with E-state index in [9.17, 15) is 19.2 Å². The topological polar surface area (TPSA) is 185 Å². The number of fused-ring (bicyclic) bond motifs is 6. The van der Waals surface area contributed by atoms with E-state index in [-0.39, 0.29) is 59.3 Å². The van der Waals surface area contributed by atoms with E-state index in [0.717, 1.165) is 0 Å². The van der Waals surface area contributed by atoms with Crippen LogP contribution in [0.5, 0.6) is 0 Å². The smallest absolute Gasteiger partial charge is 0.271 e. The first-order chi connectivity index (χ1) is 22.8. The van der Waals surface area contributed by atoms with Gasteiger partial charge in [-0.2, -0.15) is 0 Å². The van der Waals surface area contributed by atoms with Crippen molar-refractivity contribution in [2.75, 3.05) is 6.54 Å². The minimum Gasteiger partial charge on any atom is -0.474 e. The number of ether oxygens (including phenoxy) is 2. The van der Waals surface area contributed by atoms with E-state index >= 15 is 0 Å². The van der Waals surface area contributed by atoms with Crippen LogP contribution in [0.25, 0.3) is 0 Å². The highest BCUT2D eigenvalue weighted by molar-refractivity contribution is 7.10. The Bertz CT molecular complexity index is 1600. The predicted molar refractivity (Wildman–Crippen MR) is 182 cm³/mol. The molecule has 8 atom stereocenters. The first-order valence-corrected chi connectivity index (χ1v) is 18.1. The molecule has 14 nitrogen and oxygen atoms in total. The van der Waals surface area contributed by atoms with Gasteiger partial charge in [-0.15, -0.1) is 22.7 Å². The molecule has 4 amide bonds. The Balaban J connectivity index is 1.49. The maximum atomic E-state index is 13.6. The van der Waals surface area contributed by atoms with Gasteiger partial charge in [-0.3, -0.25) is 19.2 Å². The molecular formula is C32H44N8O6S2. The van der Waals surface area contributed by atoms with Crippen LogP contribution in [0.4, 0.5) is 0 Å². The van der Waals surface area contributed by atoms with Gasteiger partial charge >= 0.3 is 0 Å². The van der Waals surface area contributed by atoms with Crippen molar-refractivity contribution in [3.63, 3.8) is 0 Å². The van der Waals surface area contributed by atoms with E-state index in [4.69, 9.17) is 9.47 Å². The highest BCUT2D eigenvalue weighted by atomic mass is 32.1. The van der Waals surface area contributed by atoms with Gasteiger partial charge in [0.15, 0.2) is 12.1 Å². The Morgan fingerprint density at radius 3 is 1.81 bits per heavy atom. The van der Waals surface area contributed by atoms with Crippen molar-refractivity contribution < 1.29 is 28.7 Å². The fourth-order valence-electron chi connectivity index (χ4n) is 5.60. The van der Waals surface area contributed by atoms with Crippen molar-refractivity contribution in [3.05, 3.63) is 32.2 Å². The van der Waals surface area contributed by atoms with Crippen LogP contribution in [0.15, 0.2) is 20.7 Å². The lowest BCUT2D eigenvalue weighted by Crippen LogP contribution is -2.45. The summed E-state index contributed by atoms with van der Waals surface area (Å²) < 4.78 is 11.9. The van der Waals surface area contributed by atoms with Crippen LogP contribution < -0.4 is 21.3 Å². The van der Waals surface area contributed by atoms with Crippen LogP contribution in [0.3, 0.4) is 0 Å². The van der Waals surface area contributed by atoms with Gasteiger partial charge in [-0.05, 0) is 31.6 Å².